The van der Waals surface area contributed by atoms with Crippen molar-refractivity contribution in [2.45, 2.75) is 18.0 Å². The van der Waals surface area contributed by atoms with Crippen LogP contribution in [-0.4, -0.2) is 11.4 Å². The summed E-state index contributed by atoms with van der Waals surface area (Å²) in [6.45, 7) is 0.896. The van der Waals surface area contributed by atoms with E-state index >= 15 is 0 Å². The van der Waals surface area contributed by atoms with Crippen LogP contribution in [0, 0.1) is 0 Å². The number of rotatable bonds is 5. The average Bonchev–Trinajstić information content (AvgIpc) is 2.46. The molecule has 0 aliphatic heterocycles. The van der Waals surface area contributed by atoms with E-state index in [9.17, 15) is 0 Å². The van der Waals surface area contributed by atoms with Crippen LogP contribution in [0.4, 0.5) is 5.69 Å². The fraction of sp³-hybridized carbons (Fsp3) is 0.200. The van der Waals surface area contributed by atoms with Crippen LogP contribution in [0.2, 0.25) is 0 Å². The Labute approximate surface area is 112 Å². The van der Waals surface area contributed by atoms with Gasteiger partial charge in [-0.25, -0.2) is 0 Å². The summed E-state index contributed by atoms with van der Waals surface area (Å²) in [4.78, 5) is 1.26. The van der Waals surface area contributed by atoms with Gasteiger partial charge in [0.05, 0.1) is 6.61 Å². The van der Waals surface area contributed by atoms with E-state index < -0.39 is 0 Å². The SMILES string of the molecule is CSc1cccc(NCc2ccc(CO)cc2)c1. The van der Waals surface area contributed by atoms with Crippen molar-refractivity contribution in [3.05, 3.63) is 59.7 Å². The number of aliphatic hydroxyl groups is 1. The van der Waals surface area contributed by atoms with Crippen molar-refractivity contribution >= 4 is 17.4 Å². The molecule has 0 radical (unpaired) electrons. The predicted octanol–water partition coefficient (Wildman–Crippen LogP) is 3.51. The molecule has 0 unspecified atom stereocenters. The molecule has 0 bridgehead atoms. The smallest absolute Gasteiger partial charge is 0.0681 e. The second-order valence-electron chi connectivity index (χ2n) is 4.06. The lowest BCUT2D eigenvalue weighted by molar-refractivity contribution is 0.282. The van der Waals surface area contributed by atoms with Crippen LogP contribution in [0.3, 0.4) is 0 Å². The highest BCUT2D eigenvalue weighted by molar-refractivity contribution is 7.98. The van der Waals surface area contributed by atoms with Gasteiger partial charge in [-0.05, 0) is 35.6 Å². The molecule has 2 N–H and O–H groups in total. The van der Waals surface area contributed by atoms with Gasteiger partial charge in [0.25, 0.3) is 0 Å². The van der Waals surface area contributed by atoms with Crippen LogP contribution in [0.25, 0.3) is 0 Å². The maximum atomic E-state index is 8.98. The molecule has 0 saturated heterocycles. The first-order valence-corrected chi connectivity index (χ1v) is 7.11. The molecule has 0 fully saturated rings. The molecule has 0 aliphatic rings. The molecule has 2 aromatic rings. The van der Waals surface area contributed by atoms with Crippen molar-refractivity contribution in [3.8, 4) is 0 Å². The highest BCUT2D eigenvalue weighted by Crippen LogP contribution is 2.19. The summed E-state index contributed by atoms with van der Waals surface area (Å²) in [6, 6.07) is 16.4. The lowest BCUT2D eigenvalue weighted by atomic mass is 10.1. The van der Waals surface area contributed by atoms with Crippen molar-refractivity contribution in [3.63, 3.8) is 0 Å². The molecule has 0 spiro atoms. The van der Waals surface area contributed by atoms with E-state index in [1.807, 2.05) is 24.3 Å². The lowest BCUT2D eigenvalue weighted by Gasteiger charge is -2.08. The molecular weight excluding hydrogens is 242 g/mol. The largest absolute Gasteiger partial charge is 0.392 e. The topological polar surface area (TPSA) is 32.3 Å². The van der Waals surface area contributed by atoms with E-state index in [1.165, 1.54) is 10.5 Å². The number of benzene rings is 2. The zero-order chi connectivity index (χ0) is 12.8. The van der Waals surface area contributed by atoms with E-state index in [4.69, 9.17) is 5.11 Å². The van der Waals surface area contributed by atoms with Gasteiger partial charge in [-0.1, -0.05) is 30.3 Å². The molecule has 94 valence electrons. The van der Waals surface area contributed by atoms with Crippen molar-refractivity contribution in [1.82, 2.24) is 0 Å². The quantitative estimate of drug-likeness (QED) is 0.806. The molecule has 18 heavy (non-hydrogen) atoms. The monoisotopic (exact) mass is 259 g/mol. The zero-order valence-electron chi connectivity index (χ0n) is 10.4. The van der Waals surface area contributed by atoms with Gasteiger partial charge >= 0.3 is 0 Å². The summed E-state index contributed by atoms with van der Waals surface area (Å²) < 4.78 is 0. The number of hydrogen-bond donors (Lipinski definition) is 2. The van der Waals surface area contributed by atoms with Crippen molar-refractivity contribution in [1.29, 1.82) is 0 Å². The summed E-state index contributed by atoms with van der Waals surface area (Å²) >= 11 is 1.74. The Kier molecular flexibility index (Phi) is 4.67. The molecule has 0 saturated carbocycles. The van der Waals surface area contributed by atoms with E-state index in [0.29, 0.717) is 0 Å². The van der Waals surface area contributed by atoms with Gasteiger partial charge in [0.1, 0.15) is 0 Å². The minimum absolute atomic E-state index is 0.101. The lowest BCUT2D eigenvalue weighted by Crippen LogP contribution is -1.99. The average molecular weight is 259 g/mol. The van der Waals surface area contributed by atoms with E-state index in [2.05, 4.69) is 35.8 Å². The van der Waals surface area contributed by atoms with Crippen LogP contribution in [0.15, 0.2) is 53.4 Å². The Balaban J connectivity index is 1.97. The Morgan fingerprint density at radius 1 is 1.06 bits per heavy atom. The normalized spacial score (nSPS) is 10.3. The van der Waals surface area contributed by atoms with Crippen LogP contribution in [0.5, 0.6) is 0 Å². The van der Waals surface area contributed by atoms with Crippen LogP contribution in [0.1, 0.15) is 11.1 Å². The van der Waals surface area contributed by atoms with Gasteiger partial charge < -0.3 is 10.4 Å². The fourth-order valence-electron chi connectivity index (χ4n) is 1.70. The third kappa shape index (κ3) is 3.52. The molecule has 0 aliphatic carbocycles. The molecule has 3 heteroatoms. The van der Waals surface area contributed by atoms with Crippen molar-refractivity contribution in [2.75, 3.05) is 11.6 Å². The first-order valence-electron chi connectivity index (χ1n) is 5.88. The number of aliphatic hydroxyl groups excluding tert-OH is 1. The van der Waals surface area contributed by atoms with Crippen LogP contribution >= 0.6 is 11.8 Å². The Hall–Kier alpha value is -1.45. The third-order valence-corrected chi connectivity index (χ3v) is 3.50. The predicted molar refractivity (Wildman–Crippen MR) is 77.9 cm³/mol. The summed E-state index contributed by atoms with van der Waals surface area (Å²) in [5, 5.41) is 12.4. The van der Waals surface area contributed by atoms with Gasteiger partial charge in [-0.3, -0.25) is 0 Å². The van der Waals surface area contributed by atoms with Gasteiger partial charge in [-0.2, -0.15) is 0 Å². The summed E-state index contributed by atoms with van der Waals surface area (Å²) in [5.41, 5.74) is 3.29. The molecule has 0 amide bonds. The molecule has 2 aromatic carbocycles. The summed E-state index contributed by atoms with van der Waals surface area (Å²) in [7, 11) is 0. The summed E-state index contributed by atoms with van der Waals surface area (Å²) in [5.74, 6) is 0. The molecule has 0 atom stereocenters. The van der Waals surface area contributed by atoms with Gasteiger partial charge in [-0.15, -0.1) is 11.8 Å². The maximum Gasteiger partial charge on any atom is 0.0681 e. The standard InChI is InChI=1S/C15H17NOS/c1-18-15-4-2-3-14(9-15)16-10-12-5-7-13(11-17)8-6-12/h2-9,16-17H,10-11H2,1H3. The van der Waals surface area contributed by atoms with Gasteiger partial charge in [0, 0.05) is 17.1 Å². The minimum atomic E-state index is 0.101. The first-order chi connectivity index (χ1) is 8.81. The number of thioether (sulfide) groups is 1. The number of hydrogen-bond acceptors (Lipinski definition) is 3. The Morgan fingerprint density at radius 3 is 2.44 bits per heavy atom. The van der Waals surface area contributed by atoms with Crippen LogP contribution < -0.4 is 5.32 Å². The number of anilines is 1. The number of nitrogens with one attached hydrogen (secondary N) is 1. The van der Waals surface area contributed by atoms with E-state index in [0.717, 1.165) is 17.8 Å². The second-order valence-corrected chi connectivity index (χ2v) is 4.94. The summed E-state index contributed by atoms with van der Waals surface area (Å²) in [6.07, 6.45) is 2.08. The Bertz CT molecular complexity index is 496. The van der Waals surface area contributed by atoms with E-state index in [1.54, 1.807) is 11.8 Å². The molecule has 0 heterocycles. The van der Waals surface area contributed by atoms with Crippen LogP contribution in [-0.2, 0) is 13.2 Å². The van der Waals surface area contributed by atoms with Crippen molar-refractivity contribution < 1.29 is 5.11 Å². The maximum absolute atomic E-state index is 8.98. The molecule has 2 nitrogen and oxygen atoms in total. The van der Waals surface area contributed by atoms with Gasteiger partial charge in [0.2, 0.25) is 0 Å². The van der Waals surface area contributed by atoms with Crippen molar-refractivity contribution in [2.24, 2.45) is 0 Å². The Morgan fingerprint density at radius 2 is 1.78 bits per heavy atom. The van der Waals surface area contributed by atoms with Gasteiger partial charge in [0.15, 0.2) is 0 Å². The highest BCUT2D eigenvalue weighted by Gasteiger charge is 1.96. The zero-order valence-corrected chi connectivity index (χ0v) is 11.2. The molecule has 0 aromatic heterocycles. The second kappa shape index (κ2) is 6.47. The van der Waals surface area contributed by atoms with E-state index in [-0.39, 0.29) is 6.61 Å². The first kappa shape index (κ1) is 13.0. The minimum Gasteiger partial charge on any atom is -0.392 e. The third-order valence-electron chi connectivity index (χ3n) is 2.77. The molecular formula is C15H17NOS. The fourth-order valence-corrected chi connectivity index (χ4v) is 2.16. The molecule has 2 rings (SSSR count). The highest BCUT2D eigenvalue weighted by atomic mass is 32.2.